The zero-order chi connectivity index (χ0) is 24.0. The van der Waals surface area contributed by atoms with Crippen molar-refractivity contribution in [3.8, 4) is 11.5 Å². The van der Waals surface area contributed by atoms with Crippen LogP contribution in [0.25, 0.3) is 11.0 Å². The molecule has 1 aliphatic rings. The quantitative estimate of drug-likeness (QED) is 0.406. The van der Waals surface area contributed by atoms with E-state index in [1.165, 1.54) is 6.07 Å². The van der Waals surface area contributed by atoms with Gasteiger partial charge >= 0.3 is 0 Å². The minimum atomic E-state index is -0.719. The Morgan fingerprint density at radius 2 is 1.85 bits per heavy atom. The Hall–Kier alpha value is -3.77. The Kier molecular flexibility index (Phi) is 5.54. The Bertz CT molecular complexity index is 1480. The van der Waals surface area contributed by atoms with Gasteiger partial charge in [0, 0.05) is 11.6 Å². The third-order valence-corrected chi connectivity index (χ3v) is 6.45. The molecule has 1 N–H and O–H groups in total. The Morgan fingerprint density at radius 1 is 1.09 bits per heavy atom. The highest BCUT2D eigenvalue weighted by Crippen LogP contribution is 2.41. The van der Waals surface area contributed by atoms with E-state index in [0.29, 0.717) is 28.2 Å². The number of nitrogens with zero attached hydrogens (tertiary/aromatic N) is 1. The summed E-state index contributed by atoms with van der Waals surface area (Å²) in [7, 11) is 0. The maximum atomic E-state index is 13.7. The Balaban J connectivity index is 1.75. The van der Waals surface area contributed by atoms with Gasteiger partial charge in [-0.2, -0.15) is 0 Å². The first-order valence-electron chi connectivity index (χ1n) is 11.0. The summed E-state index contributed by atoms with van der Waals surface area (Å²) in [6.45, 7) is 4.26. The largest absolute Gasteiger partial charge is 0.504 e. The van der Waals surface area contributed by atoms with Crippen LogP contribution in [0.4, 0.5) is 0 Å². The predicted molar refractivity (Wildman–Crippen MR) is 130 cm³/mol. The second-order valence-corrected chi connectivity index (χ2v) is 8.66. The van der Waals surface area contributed by atoms with E-state index in [0.717, 1.165) is 11.1 Å². The van der Waals surface area contributed by atoms with Gasteiger partial charge in [0.2, 0.25) is 5.76 Å². The van der Waals surface area contributed by atoms with Crippen molar-refractivity contribution >= 4 is 28.5 Å². The van der Waals surface area contributed by atoms with Gasteiger partial charge in [-0.25, -0.2) is 0 Å². The lowest BCUT2D eigenvalue weighted by Crippen LogP contribution is -2.29. The first-order chi connectivity index (χ1) is 16.4. The summed E-state index contributed by atoms with van der Waals surface area (Å²) in [6.07, 6.45) is 0. The molecule has 0 saturated heterocycles. The average molecular weight is 476 g/mol. The third-order valence-electron chi connectivity index (χ3n) is 6.04. The fourth-order valence-corrected chi connectivity index (χ4v) is 4.57. The van der Waals surface area contributed by atoms with Crippen molar-refractivity contribution in [2.45, 2.75) is 26.4 Å². The molecule has 2 heterocycles. The van der Waals surface area contributed by atoms with Crippen molar-refractivity contribution in [3.05, 3.63) is 104 Å². The van der Waals surface area contributed by atoms with E-state index in [2.05, 4.69) is 0 Å². The molecule has 0 fully saturated rings. The van der Waals surface area contributed by atoms with Crippen LogP contribution in [0.3, 0.4) is 0 Å². The number of benzene rings is 3. The van der Waals surface area contributed by atoms with Crippen molar-refractivity contribution in [3.63, 3.8) is 0 Å². The fourth-order valence-electron chi connectivity index (χ4n) is 4.40. The highest BCUT2D eigenvalue weighted by Gasteiger charge is 2.43. The van der Waals surface area contributed by atoms with Crippen LogP contribution in [0.1, 0.15) is 45.8 Å². The van der Waals surface area contributed by atoms with Crippen molar-refractivity contribution in [1.29, 1.82) is 0 Å². The van der Waals surface area contributed by atoms with E-state index in [-0.39, 0.29) is 40.7 Å². The number of halogens is 1. The first kappa shape index (κ1) is 22.0. The van der Waals surface area contributed by atoms with E-state index in [9.17, 15) is 14.7 Å². The standard InChI is InChI=1S/C27H22ClNO5/c1-3-33-22-12-17(9-10-20(22)30)24-23-25(31)18-13-19(28)15(2)11-21(18)34-26(23)27(32)29(24)14-16-7-5-4-6-8-16/h4-13,24,30H,3,14H2,1-2H3. The maximum Gasteiger partial charge on any atom is 0.291 e. The number of aromatic hydroxyl groups is 1. The van der Waals surface area contributed by atoms with Gasteiger partial charge in [0.25, 0.3) is 5.91 Å². The number of amides is 1. The minimum absolute atomic E-state index is 0.0161. The molecule has 0 aliphatic carbocycles. The van der Waals surface area contributed by atoms with Gasteiger partial charge in [-0.1, -0.05) is 48.0 Å². The summed E-state index contributed by atoms with van der Waals surface area (Å²) < 4.78 is 11.6. The molecule has 6 nitrogen and oxygen atoms in total. The molecule has 1 amide bonds. The minimum Gasteiger partial charge on any atom is -0.504 e. The molecule has 1 aliphatic heterocycles. The molecule has 4 aromatic rings. The molecule has 0 bridgehead atoms. The van der Waals surface area contributed by atoms with Crippen molar-refractivity contribution < 1.29 is 19.1 Å². The summed E-state index contributed by atoms with van der Waals surface area (Å²) in [4.78, 5) is 28.9. The maximum absolute atomic E-state index is 13.7. The second-order valence-electron chi connectivity index (χ2n) is 8.25. The van der Waals surface area contributed by atoms with Gasteiger partial charge in [0.15, 0.2) is 16.9 Å². The molecule has 5 rings (SSSR count). The molecule has 3 aromatic carbocycles. The van der Waals surface area contributed by atoms with Gasteiger partial charge in [-0.05, 0) is 54.8 Å². The second kappa shape index (κ2) is 8.54. The van der Waals surface area contributed by atoms with Crippen LogP contribution in [0.2, 0.25) is 5.02 Å². The fraction of sp³-hybridized carbons (Fsp3) is 0.185. The van der Waals surface area contributed by atoms with Gasteiger partial charge in [-0.3, -0.25) is 9.59 Å². The Morgan fingerprint density at radius 3 is 2.59 bits per heavy atom. The van der Waals surface area contributed by atoms with Gasteiger partial charge in [-0.15, -0.1) is 0 Å². The number of aryl methyl sites for hydroxylation is 1. The van der Waals surface area contributed by atoms with E-state index in [4.69, 9.17) is 20.8 Å². The lowest BCUT2D eigenvalue weighted by atomic mass is 9.97. The highest BCUT2D eigenvalue weighted by molar-refractivity contribution is 6.32. The summed E-state index contributed by atoms with van der Waals surface area (Å²) in [5, 5.41) is 11.0. The van der Waals surface area contributed by atoms with Gasteiger partial charge < -0.3 is 19.2 Å². The smallest absolute Gasteiger partial charge is 0.291 e. The van der Waals surface area contributed by atoms with Crippen LogP contribution < -0.4 is 10.2 Å². The SMILES string of the molecule is CCOc1cc(C2c3c(oc4cc(C)c(Cl)cc4c3=O)C(=O)N2Cc2ccccc2)ccc1O. The number of carbonyl (C=O) groups is 1. The van der Waals surface area contributed by atoms with Crippen molar-refractivity contribution in [1.82, 2.24) is 4.90 Å². The van der Waals surface area contributed by atoms with E-state index in [1.807, 2.05) is 44.2 Å². The summed E-state index contributed by atoms with van der Waals surface area (Å²) in [5.41, 5.74) is 2.56. The molecular formula is C27H22ClNO5. The van der Waals surface area contributed by atoms with Gasteiger partial charge in [0.1, 0.15) is 5.58 Å². The molecule has 0 saturated carbocycles. The molecule has 1 atom stereocenters. The number of rotatable bonds is 5. The lowest BCUT2D eigenvalue weighted by Gasteiger charge is -2.25. The van der Waals surface area contributed by atoms with E-state index >= 15 is 0 Å². The van der Waals surface area contributed by atoms with Gasteiger partial charge in [0.05, 0.1) is 23.6 Å². The normalized spacial score (nSPS) is 15.1. The molecule has 172 valence electrons. The average Bonchev–Trinajstić information content (AvgIpc) is 3.09. The summed E-state index contributed by atoms with van der Waals surface area (Å²) in [6, 6.07) is 16.9. The summed E-state index contributed by atoms with van der Waals surface area (Å²) >= 11 is 6.30. The van der Waals surface area contributed by atoms with Crippen LogP contribution >= 0.6 is 11.6 Å². The number of fused-ring (bicyclic) bond motifs is 2. The van der Waals surface area contributed by atoms with E-state index < -0.39 is 6.04 Å². The predicted octanol–water partition coefficient (Wildman–Crippen LogP) is 5.60. The first-order valence-corrected chi connectivity index (χ1v) is 11.3. The number of hydrogen-bond donors (Lipinski definition) is 1. The van der Waals surface area contributed by atoms with Crippen LogP contribution in [-0.2, 0) is 6.54 Å². The Labute approximate surface area is 201 Å². The molecule has 0 radical (unpaired) electrons. The molecule has 0 spiro atoms. The topological polar surface area (TPSA) is 80.0 Å². The van der Waals surface area contributed by atoms with Crippen molar-refractivity contribution in [2.75, 3.05) is 6.61 Å². The lowest BCUT2D eigenvalue weighted by molar-refractivity contribution is 0.0714. The van der Waals surface area contributed by atoms with Crippen LogP contribution in [-0.4, -0.2) is 22.5 Å². The molecule has 1 aromatic heterocycles. The third kappa shape index (κ3) is 3.60. The monoisotopic (exact) mass is 475 g/mol. The van der Waals surface area contributed by atoms with Crippen LogP contribution in [0.5, 0.6) is 11.5 Å². The van der Waals surface area contributed by atoms with Crippen LogP contribution in [0, 0.1) is 6.92 Å². The van der Waals surface area contributed by atoms with Crippen molar-refractivity contribution in [2.24, 2.45) is 0 Å². The number of carbonyl (C=O) groups excluding carboxylic acids is 1. The van der Waals surface area contributed by atoms with E-state index in [1.54, 1.807) is 29.2 Å². The molecule has 1 unspecified atom stereocenters. The zero-order valence-corrected chi connectivity index (χ0v) is 19.4. The summed E-state index contributed by atoms with van der Waals surface area (Å²) in [5.74, 6) is -0.0883. The number of ether oxygens (including phenoxy) is 1. The number of phenols is 1. The highest BCUT2D eigenvalue weighted by atomic mass is 35.5. The van der Waals surface area contributed by atoms with Crippen LogP contribution in [0.15, 0.2) is 69.9 Å². The number of hydrogen-bond acceptors (Lipinski definition) is 5. The molecule has 34 heavy (non-hydrogen) atoms. The molecule has 7 heteroatoms. The molecular weight excluding hydrogens is 454 g/mol. The zero-order valence-electron chi connectivity index (χ0n) is 18.7. The number of phenolic OH excluding ortho intramolecular Hbond substituents is 1.